The Bertz CT molecular complexity index is 381. The molecule has 4 heteroatoms. The van der Waals surface area contributed by atoms with Crippen LogP contribution in [0.1, 0.15) is 29.5 Å². The van der Waals surface area contributed by atoms with Crippen molar-refractivity contribution in [3.63, 3.8) is 0 Å². The van der Waals surface area contributed by atoms with Crippen LogP contribution in [0.15, 0.2) is 12.1 Å². The Morgan fingerprint density at radius 2 is 2.00 bits per heavy atom. The minimum Gasteiger partial charge on any atom is -0.372 e. The van der Waals surface area contributed by atoms with Crippen LogP contribution in [0.4, 0.5) is 0 Å². The molecular weight excluding hydrogens is 244 g/mol. The second-order valence-electron chi connectivity index (χ2n) is 5.30. The Morgan fingerprint density at radius 3 is 2.72 bits per heavy atom. The summed E-state index contributed by atoms with van der Waals surface area (Å²) in [7, 11) is 0. The van der Waals surface area contributed by atoms with Crippen molar-refractivity contribution in [2.75, 3.05) is 19.6 Å². The molecule has 1 aromatic rings. The van der Waals surface area contributed by atoms with E-state index >= 15 is 0 Å². The minimum absolute atomic E-state index is 0.505. The highest BCUT2D eigenvalue weighted by molar-refractivity contribution is 7.11. The molecule has 100 valence electrons. The van der Waals surface area contributed by atoms with Crippen molar-refractivity contribution in [1.29, 1.82) is 0 Å². The molecule has 3 rings (SSSR count). The maximum atomic E-state index is 5.88. The van der Waals surface area contributed by atoms with Gasteiger partial charge in [0.05, 0.1) is 12.2 Å². The van der Waals surface area contributed by atoms with E-state index in [0.29, 0.717) is 12.2 Å². The largest absolute Gasteiger partial charge is 0.372 e. The third-order valence-electron chi connectivity index (χ3n) is 3.77. The molecular formula is C14H22N2OS. The van der Waals surface area contributed by atoms with E-state index in [2.05, 4.69) is 29.3 Å². The highest BCUT2D eigenvalue weighted by Gasteiger charge is 2.33. The van der Waals surface area contributed by atoms with Crippen LogP contribution in [0.25, 0.3) is 0 Å². The topological polar surface area (TPSA) is 24.5 Å². The molecule has 0 spiro atoms. The van der Waals surface area contributed by atoms with E-state index in [9.17, 15) is 0 Å². The summed E-state index contributed by atoms with van der Waals surface area (Å²) in [5, 5.41) is 3.38. The van der Waals surface area contributed by atoms with Crippen molar-refractivity contribution < 1.29 is 4.74 Å². The van der Waals surface area contributed by atoms with Crippen molar-refractivity contribution in [1.82, 2.24) is 10.2 Å². The maximum absolute atomic E-state index is 5.88. The predicted octanol–water partition coefficient (Wildman–Crippen LogP) is 2.22. The van der Waals surface area contributed by atoms with Gasteiger partial charge in [0.2, 0.25) is 0 Å². The molecule has 2 aliphatic rings. The quantitative estimate of drug-likeness (QED) is 0.884. The molecule has 3 heterocycles. The fourth-order valence-corrected chi connectivity index (χ4v) is 3.93. The second kappa shape index (κ2) is 5.70. The molecule has 2 saturated heterocycles. The zero-order valence-electron chi connectivity index (χ0n) is 11.0. The number of ether oxygens (including phenoxy) is 1. The van der Waals surface area contributed by atoms with Gasteiger partial charge in [-0.15, -0.1) is 11.3 Å². The van der Waals surface area contributed by atoms with Gasteiger partial charge in [-0.1, -0.05) is 6.92 Å². The zero-order valence-corrected chi connectivity index (χ0v) is 11.8. The number of nitrogens with zero attached hydrogens (tertiary/aromatic N) is 1. The van der Waals surface area contributed by atoms with E-state index < -0.39 is 0 Å². The average Bonchev–Trinajstić information content (AvgIpc) is 2.94. The lowest BCUT2D eigenvalue weighted by molar-refractivity contribution is -0.0407. The number of rotatable bonds is 5. The lowest BCUT2D eigenvalue weighted by atomic mass is 10.2. The van der Waals surface area contributed by atoms with Crippen molar-refractivity contribution in [2.45, 2.75) is 45.1 Å². The Labute approximate surface area is 113 Å². The summed E-state index contributed by atoms with van der Waals surface area (Å²) < 4.78 is 5.88. The zero-order chi connectivity index (χ0) is 12.4. The Hall–Kier alpha value is -0.420. The van der Waals surface area contributed by atoms with Crippen molar-refractivity contribution in [3.05, 3.63) is 21.9 Å². The maximum Gasteiger partial charge on any atom is 0.0707 e. The number of nitrogens with one attached hydrogen (secondary N) is 1. The van der Waals surface area contributed by atoms with Gasteiger partial charge in [-0.25, -0.2) is 0 Å². The highest BCUT2D eigenvalue weighted by atomic mass is 32.1. The van der Waals surface area contributed by atoms with Gasteiger partial charge in [-0.3, -0.25) is 4.90 Å². The molecule has 2 atom stereocenters. The average molecular weight is 266 g/mol. The van der Waals surface area contributed by atoms with E-state index in [-0.39, 0.29) is 0 Å². The Balaban J connectivity index is 1.54. The number of hydrogen-bond donors (Lipinski definition) is 1. The van der Waals surface area contributed by atoms with Gasteiger partial charge < -0.3 is 10.1 Å². The molecule has 0 amide bonds. The van der Waals surface area contributed by atoms with Gasteiger partial charge in [-0.2, -0.15) is 0 Å². The van der Waals surface area contributed by atoms with Crippen LogP contribution in [-0.2, 0) is 17.8 Å². The molecule has 1 N–H and O–H groups in total. The van der Waals surface area contributed by atoms with Gasteiger partial charge in [0.25, 0.3) is 0 Å². The molecule has 1 aromatic heterocycles. The van der Waals surface area contributed by atoms with Crippen LogP contribution in [0.2, 0.25) is 0 Å². The summed E-state index contributed by atoms with van der Waals surface area (Å²) >= 11 is 1.94. The molecule has 0 saturated carbocycles. The predicted molar refractivity (Wildman–Crippen MR) is 74.9 cm³/mol. The third-order valence-corrected chi connectivity index (χ3v) is 4.84. The summed E-state index contributed by atoms with van der Waals surface area (Å²) in [5.41, 5.74) is 0. The van der Waals surface area contributed by atoms with E-state index in [4.69, 9.17) is 4.74 Å². The lowest BCUT2D eigenvalue weighted by Crippen LogP contribution is -2.41. The van der Waals surface area contributed by atoms with Crippen LogP contribution >= 0.6 is 11.3 Å². The summed E-state index contributed by atoms with van der Waals surface area (Å²) in [6, 6.07) is 4.55. The summed E-state index contributed by atoms with van der Waals surface area (Å²) in [6.45, 7) is 7.55. The van der Waals surface area contributed by atoms with Gasteiger partial charge in [-0.05, 0) is 31.5 Å². The van der Waals surface area contributed by atoms with Crippen LogP contribution in [0.5, 0.6) is 0 Å². The first-order valence-corrected chi connectivity index (χ1v) is 7.81. The molecule has 2 bridgehead atoms. The molecule has 0 aliphatic carbocycles. The van der Waals surface area contributed by atoms with Gasteiger partial charge in [0, 0.05) is 35.9 Å². The van der Waals surface area contributed by atoms with Crippen LogP contribution in [0.3, 0.4) is 0 Å². The van der Waals surface area contributed by atoms with Crippen molar-refractivity contribution in [2.24, 2.45) is 0 Å². The summed E-state index contributed by atoms with van der Waals surface area (Å²) in [5.74, 6) is 0. The highest BCUT2D eigenvalue weighted by Crippen LogP contribution is 2.28. The first-order chi connectivity index (χ1) is 8.83. The second-order valence-corrected chi connectivity index (χ2v) is 6.55. The smallest absolute Gasteiger partial charge is 0.0707 e. The van der Waals surface area contributed by atoms with E-state index in [1.54, 1.807) is 0 Å². The van der Waals surface area contributed by atoms with Crippen molar-refractivity contribution in [3.8, 4) is 0 Å². The lowest BCUT2D eigenvalue weighted by Gasteiger charge is -2.31. The summed E-state index contributed by atoms with van der Waals surface area (Å²) in [4.78, 5) is 5.50. The molecule has 2 aliphatic heterocycles. The van der Waals surface area contributed by atoms with Gasteiger partial charge in [0.1, 0.15) is 0 Å². The molecule has 3 nitrogen and oxygen atoms in total. The SMILES string of the molecule is CCNCc1ccc(CN2CC3CCC(C2)O3)s1. The monoisotopic (exact) mass is 266 g/mol. The number of thiophene rings is 1. The number of hydrogen-bond acceptors (Lipinski definition) is 4. The number of fused-ring (bicyclic) bond motifs is 2. The first kappa shape index (κ1) is 12.6. The Morgan fingerprint density at radius 1 is 1.28 bits per heavy atom. The van der Waals surface area contributed by atoms with Crippen LogP contribution in [0, 0.1) is 0 Å². The normalized spacial score (nSPS) is 27.8. The molecule has 18 heavy (non-hydrogen) atoms. The van der Waals surface area contributed by atoms with E-state index in [0.717, 1.165) is 32.7 Å². The summed E-state index contributed by atoms with van der Waals surface area (Å²) in [6.07, 6.45) is 3.53. The van der Waals surface area contributed by atoms with E-state index in [1.165, 1.54) is 22.6 Å². The number of likely N-dealkylation sites (tertiary alicyclic amines) is 1. The van der Waals surface area contributed by atoms with Crippen LogP contribution in [-0.4, -0.2) is 36.7 Å². The molecule has 2 unspecified atom stereocenters. The Kier molecular flexibility index (Phi) is 3.99. The molecule has 0 radical (unpaired) electrons. The van der Waals surface area contributed by atoms with E-state index in [1.807, 2.05) is 11.3 Å². The minimum atomic E-state index is 0.505. The molecule has 2 fully saturated rings. The fourth-order valence-electron chi connectivity index (χ4n) is 2.90. The van der Waals surface area contributed by atoms with Gasteiger partial charge in [0.15, 0.2) is 0 Å². The standard InChI is InChI=1S/C14H22N2OS/c1-2-15-7-13-5-6-14(18-13)10-16-8-11-3-4-12(9-16)17-11/h5-6,11-12,15H,2-4,7-10H2,1H3. The fraction of sp³-hybridized carbons (Fsp3) is 0.714. The first-order valence-electron chi connectivity index (χ1n) is 6.99. The third kappa shape index (κ3) is 2.94. The number of morpholine rings is 1. The van der Waals surface area contributed by atoms with Gasteiger partial charge >= 0.3 is 0 Å². The van der Waals surface area contributed by atoms with Crippen LogP contribution < -0.4 is 5.32 Å². The molecule has 0 aromatic carbocycles. The van der Waals surface area contributed by atoms with Crippen molar-refractivity contribution >= 4 is 11.3 Å².